The fraction of sp³-hybridized carbons (Fsp3) is 0.273. The third kappa shape index (κ3) is 2.54. The van der Waals surface area contributed by atoms with Crippen molar-refractivity contribution in [2.24, 2.45) is 0 Å². The SMILES string of the molecule is Cc1nc(CNCc2nc3ccsc3c(=O)[nH]2)no1. The molecule has 3 rings (SSSR count). The van der Waals surface area contributed by atoms with Crippen LogP contribution >= 0.6 is 11.3 Å². The van der Waals surface area contributed by atoms with E-state index in [1.165, 1.54) is 11.3 Å². The summed E-state index contributed by atoms with van der Waals surface area (Å²) in [5, 5.41) is 8.72. The Hall–Kier alpha value is -2.06. The Morgan fingerprint density at radius 3 is 3.11 bits per heavy atom. The maximum Gasteiger partial charge on any atom is 0.268 e. The summed E-state index contributed by atoms with van der Waals surface area (Å²) in [7, 11) is 0. The number of aromatic nitrogens is 4. The highest BCUT2D eigenvalue weighted by molar-refractivity contribution is 7.17. The van der Waals surface area contributed by atoms with Crippen molar-refractivity contribution >= 4 is 21.6 Å². The molecule has 0 atom stereocenters. The van der Waals surface area contributed by atoms with Gasteiger partial charge in [-0.15, -0.1) is 11.3 Å². The van der Waals surface area contributed by atoms with Crippen molar-refractivity contribution < 1.29 is 4.52 Å². The molecule has 0 bridgehead atoms. The van der Waals surface area contributed by atoms with Crippen molar-refractivity contribution in [3.63, 3.8) is 0 Å². The topological polar surface area (TPSA) is 96.7 Å². The van der Waals surface area contributed by atoms with Crippen LogP contribution in [0.4, 0.5) is 0 Å². The predicted molar refractivity (Wildman–Crippen MR) is 69.8 cm³/mol. The van der Waals surface area contributed by atoms with E-state index in [4.69, 9.17) is 4.52 Å². The Kier molecular flexibility index (Phi) is 3.10. The van der Waals surface area contributed by atoms with Gasteiger partial charge in [0.05, 0.1) is 18.6 Å². The maximum atomic E-state index is 11.7. The van der Waals surface area contributed by atoms with E-state index in [0.29, 0.717) is 35.3 Å². The van der Waals surface area contributed by atoms with Crippen LogP contribution in [0.1, 0.15) is 17.5 Å². The van der Waals surface area contributed by atoms with E-state index in [1.807, 2.05) is 11.4 Å². The lowest BCUT2D eigenvalue weighted by Gasteiger charge is -2.01. The summed E-state index contributed by atoms with van der Waals surface area (Å²) < 4.78 is 5.51. The molecule has 0 amide bonds. The van der Waals surface area contributed by atoms with Gasteiger partial charge in [0.2, 0.25) is 5.89 Å². The molecule has 0 radical (unpaired) electrons. The number of aromatic amines is 1. The average Bonchev–Trinajstić information content (AvgIpc) is 2.98. The first-order valence-corrected chi connectivity index (χ1v) is 6.56. The molecular formula is C11H11N5O2S. The monoisotopic (exact) mass is 277 g/mol. The zero-order valence-corrected chi connectivity index (χ0v) is 11.0. The minimum Gasteiger partial charge on any atom is -0.340 e. The van der Waals surface area contributed by atoms with E-state index in [9.17, 15) is 4.79 Å². The number of nitrogens with zero attached hydrogens (tertiary/aromatic N) is 3. The zero-order chi connectivity index (χ0) is 13.2. The molecule has 3 heterocycles. The second-order valence-corrected chi connectivity index (χ2v) is 4.90. The summed E-state index contributed by atoms with van der Waals surface area (Å²) in [6, 6.07) is 1.83. The lowest BCUT2D eigenvalue weighted by atomic mass is 10.4. The number of rotatable bonds is 4. The van der Waals surface area contributed by atoms with Gasteiger partial charge in [-0.05, 0) is 11.4 Å². The highest BCUT2D eigenvalue weighted by atomic mass is 32.1. The van der Waals surface area contributed by atoms with Crippen LogP contribution in [0.15, 0.2) is 20.8 Å². The van der Waals surface area contributed by atoms with Crippen molar-refractivity contribution in [2.75, 3.05) is 0 Å². The Bertz CT molecular complexity index is 760. The van der Waals surface area contributed by atoms with Gasteiger partial charge >= 0.3 is 0 Å². The largest absolute Gasteiger partial charge is 0.340 e. The molecule has 0 unspecified atom stereocenters. The third-order valence-electron chi connectivity index (χ3n) is 2.51. The maximum absolute atomic E-state index is 11.7. The van der Waals surface area contributed by atoms with E-state index in [-0.39, 0.29) is 5.56 Å². The number of hydrogen-bond acceptors (Lipinski definition) is 7. The first-order chi connectivity index (χ1) is 9.22. The zero-order valence-electron chi connectivity index (χ0n) is 10.1. The van der Waals surface area contributed by atoms with Crippen molar-refractivity contribution in [1.29, 1.82) is 0 Å². The first kappa shape index (κ1) is 12.0. The van der Waals surface area contributed by atoms with E-state index in [2.05, 4.69) is 25.4 Å². The van der Waals surface area contributed by atoms with Gasteiger partial charge in [-0.3, -0.25) is 4.79 Å². The second-order valence-electron chi connectivity index (χ2n) is 3.98. The quantitative estimate of drug-likeness (QED) is 0.737. The molecule has 98 valence electrons. The fourth-order valence-corrected chi connectivity index (χ4v) is 2.44. The van der Waals surface area contributed by atoms with Crippen molar-refractivity contribution in [2.45, 2.75) is 20.0 Å². The molecule has 19 heavy (non-hydrogen) atoms. The van der Waals surface area contributed by atoms with Crippen molar-refractivity contribution in [3.8, 4) is 0 Å². The lowest BCUT2D eigenvalue weighted by molar-refractivity contribution is 0.385. The summed E-state index contributed by atoms with van der Waals surface area (Å²) in [5.41, 5.74) is 0.619. The predicted octanol–water partition coefficient (Wildman–Crippen LogP) is 0.966. The number of thiophene rings is 1. The Balaban J connectivity index is 1.69. The molecular weight excluding hydrogens is 266 g/mol. The van der Waals surface area contributed by atoms with E-state index < -0.39 is 0 Å². The molecule has 7 nitrogen and oxygen atoms in total. The first-order valence-electron chi connectivity index (χ1n) is 5.68. The van der Waals surface area contributed by atoms with Crippen LogP contribution in [0.5, 0.6) is 0 Å². The van der Waals surface area contributed by atoms with Crippen molar-refractivity contribution in [1.82, 2.24) is 25.4 Å². The van der Waals surface area contributed by atoms with Gasteiger partial charge in [-0.1, -0.05) is 5.16 Å². The summed E-state index contributed by atoms with van der Waals surface area (Å²) in [5.74, 6) is 1.70. The molecule has 0 fully saturated rings. The molecule has 8 heteroatoms. The average molecular weight is 277 g/mol. The summed E-state index contributed by atoms with van der Waals surface area (Å²) in [4.78, 5) is 22.9. The molecule has 3 aromatic rings. The van der Waals surface area contributed by atoms with Gasteiger partial charge in [0.1, 0.15) is 10.5 Å². The molecule has 2 N–H and O–H groups in total. The van der Waals surface area contributed by atoms with Crippen LogP contribution < -0.4 is 10.9 Å². The second kappa shape index (κ2) is 4.90. The smallest absolute Gasteiger partial charge is 0.268 e. The Morgan fingerprint density at radius 1 is 1.42 bits per heavy atom. The van der Waals surface area contributed by atoms with E-state index in [0.717, 1.165) is 5.52 Å². The molecule has 0 spiro atoms. The van der Waals surface area contributed by atoms with Gasteiger partial charge in [-0.25, -0.2) is 4.98 Å². The van der Waals surface area contributed by atoms with Crippen LogP contribution in [0.2, 0.25) is 0 Å². The molecule has 0 aliphatic rings. The highest BCUT2D eigenvalue weighted by Crippen LogP contribution is 2.13. The van der Waals surface area contributed by atoms with Crippen LogP contribution in [0.3, 0.4) is 0 Å². The molecule has 0 aliphatic carbocycles. The minimum absolute atomic E-state index is 0.104. The van der Waals surface area contributed by atoms with Crippen LogP contribution in [-0.4, -0.2) is 20.1 Å². The van der Waals surface area contributed by atoms with Crippen molar-refractivity contribution in [3.05, 3.63) is 39.3 Å². The number of fused-ring (bicyclic) bond motifs is 1. The molecule has 0 aromatic carbocycles. The van der Waals surface area contributed by atoms with Crippen LogP contribution in [-0.2, 0) is 13.1 Å². The number of hydrogen-bond donors (Lipinski definition) is 2. The molecule has 0 saturated carbocycles. The number of aryl methyl sites for hydroxylation is 1. The highest BCUT2D eigenvalue weighted by Gasteiger charge is 2.06. The molecule has 0 aliphatic heterocycles. The Labute approximate surface area is 111 Å². The van der Waals surface area contributed by atoms with E-state index in [1.54, 1.807) is 6.92 Å². The molecule has 0 saturated heterocycles. The number of nitrogens with one attached hydrogen (secondary N) is 2. The summed E-state index contributed by atoms with van der Waals surface area (Å²) in [6.07, 6.45) is 0. The van der Waals surface area contributed by atoms with Crippen LogP contribution in [0.25, 0.3) is 10.2 Å². The molecule has 3 aromatic heterocycles. The van der Waals surface area contributed by atoms with Gasteiger partial charge in [0, 0.05) is 6.92 Å². The van der Waals surface area contributed by atoms with E-state index >= 15 is 0 Å². The van der Waals surface area contributed by atoms with Gasteiger partial charge in [-0.2, -0.15) is 4.98 Å². The van der Waals surface area contributed by atoms with Gasteiger partial charge in [0.15, 0.2) is 5.82 Å². The standard InChI is InChI=1S/C11H11N5O2S/c1-6-13-9(16-18-6)5-12-4-8-14-7-2-3-19-10(7)11(17)15-8/h2-3,12H,4-5H2,1H3,(H,14,15,17). The van der Waals surface area contributed by atoms with Gasteiger partial charge < -0.3 is 14.8 Å². The summed E-state index contributed by atoms with van der Waals surface area (Å²) in [6.45, 7) is 2.64. The third-order valence-corrected chi connectivity index (χ3v) is 3.41. The Morgan fingerprint density at radius 2 is 2.32 bits per heavy atom. The fourth-order valence-electron chi connectivity index (χ4n) is 1.71. The normalized spacial score (nSPS) is 11.2. The van der Waals surface area contributed by atoms with Crippen LogP contribution in [0, 0.1) is 6.92 Å². The van der Waals surface area contributed by atoms with Gasteiger partial charge in [0.25, 0.3) is 5.56 Å². The summed E-state index contributed by atoms with van der Waals surface area (Å²) >= 11 is 1.39. The minimum atomic E-state index is -0.104. The number of H-pyrrole nitrogens is 1. The lowest BCUT2D eigenvalue weighted by Crippen LogP contribution is -2.19.